The Morgan fingerprint density at radius 1 is 1.12 bits per heavy atom. The summed E-state index contributed by atoms with van der Waals surface area (Å²) in [6, 6.07) is 18.9. The van der Waals surface area contributed by atoms with E-state index in [0.29, 0.717) is 5.75 Å². The van der Waals surface area contributed by atoms with E-state index in [1.807, 2.05) is 74.5 Å². The summed E-state index contributed by atoms with van der Waals surface area (Å²) in [5, 5.41) is 8.26. The van der Waals surface area contributed by atoms with Crippen LogP contribution in [0.4, 0.5) is 0 Å². The van der Waals surface area contributed by atoms with Crippen LogP contribution in [0.5, 0.6) is 11.5 Å². The molecule has 0 aliphatic carbocycles. The summed E-state index contributed by atoms with van der Waals surface area (Å²) in [6.45, 7) is 3.94. The summed E-state index contributed by atoms with van der Waals surface area (Å²) in [7, 11) is 0. The van der Waals surface area contributed by atoms with Gasteiger partial charge in [0.1, 0.15) is 18.0 Å². The fraction of sp³-hybridized carbons (Fsp3) is 0.150. The first-order valence-corrected chi connectivity index (χ1v) is 8.26. The maximum Gasteiger partial charge on any atom is 0.261 e. The van der Waals surface area contributed by atoms with Gasteiger partial charge in [0.05, 0.1) is 11.9 Å². The summed E-state index contributed by atoms with van der Waals surface area (Å²) in [5.74, 6) is 1.23. The number of rotatable bonds is 6. The van der Waals surface area contributed by atoms with Crippen LogP contribution >= 0.6 is 0 Å². The molecule has 3 rings (SSSR count). The zero-order valence-electron chi connectivity index (χ0n) is 14.7. The summed E-state index contributed by atoms with van der Waals surface area (Å²) in [4.78, 5) is 12.0. The minimum Gasteiger partial charge on any atom is -0.457 e. The van der Waals surface area contributed by atoms with Crippen molar-refractivity contribution in [3.63, 3.8) is 0 Å². The van der Waals surface area contributed by atoms with Gasteiger partial charge < -0.3 is 4.74 Å². The van der Waals surface area contributed by atoms with Crippen molar-refractivity contribution >= 4 is 12.1 Å². The summed E-state index contributed by atoms with van der Waals surface area (Å²) in [6.07, 6.45) is 1.58. The van der Waals surface area contributed by atoms with Crippen molar-refractivity contribution in [3.8, 4) is 11.5 Å². The van der Waals surface area contributed by atoms with Crippen molar-refractivity contribution in [1.29, 1.82) is 0 Å². The van der Waals surface area contributed by atoms with Gasteiger partial charge in [0.25, 0.3) is 5.91 Å². The van der Waals surface area contributed by atoms with Gasteiger partial charge >= 0.3 is 0 Å². The van der Waals surface area contributed by atoms with Gasteiger partial charge in [-0.2, -0.15) is 10.2 Å². The topological polar surface area (TPSA) is 68.5 Å². The van der Waals surface area contributed by atoms with Gasteiger partial charge in [0.15, 0.2) is 0 Å². The molecule has 0 atom stereocenters. The predicted molar refractivity (Wildman–Crippen MR) is 100 cm³/mol. The molecule has 0 aliphatic heterocycles. The number of benzene rings is 2. The molecule has 3 aromatic rings. The second kappa shape index (κ2) is 8.11. The molecule has 6 heteroatoms. The molecule has 132 valence electrons. The lowest BCUT2D eigenvalue weighted by atomic mass is 10.2. The number of aryl methyl sites for hydroxylation is 2. The van der Waals surface area contributed by atoms with Gasteiger partial charge in [0.2, 0.25) is 0 Å². The molecule has 1 amide bonds. The van der Waals surface area contributed by atoms with Crippen LogP contribution in [0, 0.1) is 13.8 Å². The number of amides is 1. The lowest BCUT2D eigenvalue weighted by Crippen LogP contribution is -2.24. The highest BCUT2D eigenvalue weighted by Gasteiger charge is 2.06. The predicted octanol–water partition coefficient (Wildman–Crippen LogP) is 3.44. The van der Waals surface area contributed by atoms with E-state index in [9.17, 15) is 4.79 Å². The third-order valence-electron chi connectivity index (χ3n) is 3.64. The molecular weight excluding hydrogens is 328 g/mol. The van der Waals surface area contributed by atoms with Crippen LogP contribution in [0.1, 0.15) is 17.0 Å². The first kappa shape index (κ1) is 17.4. The Morgan fingerprint density at radius 3 is 2.62 bits per heavy atom. The molecule has 0 fully saturated rings. The maximum absolute atomic E-state index is 12.0. The number of aromatic nitrogens is 2. The highest BCUT2D eigenvalue weighted by atomic mass is 16.5. The second-order valence-electron chi connectivity index (χ2n) is 5.87. The quantitative estimate of drug-likeness (QED) is 0.548. The zero-order chi connectivity index (χ0) is 18.4. The Balaban J connectivity index is 1.57. The molecule has 0 saturated heterocycles. The van der Waals surface area contributed by atoms with Crippen LogP contribution < -0.4 is 10.2 Å². The first-order valence-electron chi connectivity index (χ1n) is 8.26. The number of hydrogen-bond donors (Lipinski definition) is 1. The number of nitrogens with one attached hydrogen (secondary N) is 1. The number of carbonyl (C=O) groups excluding carboxylic acids is 1. The fourth-order valence-electron chi connectivity index (χ4n) is 2.47. The molecule has 0 unspecified atom stereocenters. The van der Waals surface area contributed by atoms with Crippen molar-refractivity contribution in [2.75, 3.05) is 0 Å². The van der Waals surface area contributed by atoms with E-state index < -0.39 is 0 Å². The largest absolute Gasteiger partial charge is 0.457 e. The minimum absolute atomic E-state index is 0.133. The lowest BCUT2D eigenvalue weighted by molar-refractivity contribution is -0.121. The van der Waals surface area contributed by atoms with Gasteiger partial charge in [0, 0.05) is 5.69 Å². The number of carbonyl (C=O) groups is 1. The van der Waals surface area contributed by atoms with Crippen molar-refractivity contribution in [1.82, 2.24) is 15.2 Å². The highest BCUT2D eigenvalue weighted by Crippen LogP contribution is 2.21. The molecule has 0 radical (unpaired) electrons. The number of para-hydroxylation sites is 1. The molecule has 2 aromatic carbocycles. The van der Waals surface area contributed by atoms with Gasteiger partial charge in [-0.1, -0.05) is 30.3 Å². The van der Waals surface area contributed by atoms with E-state index in [4.69, 9.17) is 4.74 Å². The standard InChI is InChI=1S/C20H20N4O2/c1-15-11-16(2)24(23-15)14-20(25)22-21-13-17-7-6-10-19(12-17)26-18-8-4-3-5-9-18/h3-13H,14H2,1-2H3,(H,22,25)/b21-13+. The molecule has 1 N–H and O–H groups in total. The van der Waals surface area contributed by atoms with Crippen molar-refractivity contribution in [3.05, 3.63) is 77.6 Å². The Kier molecular flexibility index (Phi) is 5.43. The zero-order valence-corrected chi connectivity index (χ0v) is 14.7. The number of hydrogen-bond acceptors (Lipinski definition) is 4. The van der Waals surface area contributed by atoms with E-state index in [1.165, 1.54) is 0 Å². The third kappa shape index (κ3) is 4.80. The van der Waals surface area contributed by atoms with Crippen LogP contribution in [0.25, 0.3) is 0 Å². The first-order chi connectivity index (χ1) is 12.6. The molecule has 0 saturated carbocycles. The van der Waals surface area contributed by atoms with Gasteiger partial charge in [-0.25, -0.2) is 5.43 Å². The molecular formula is C20H20N4O2. The molecule has 1 aromatic heterocycles. The monoisotopic (exact) mass is 348 g/mol. The second-order valence-corrected chi connectivity index (χ2v) is 5.87. The average Bonchev–Trinajstić information content (AvgIpc) is 2.93. The molecule has 26 heavy (non-hydrogen) atoms. The smallest absolute Gasteiger partial charge is 0.261 e. The van der Waals surface area contributed by atoms with Crippen LogP contribution in [0.2, 0.25) is 0 Å². The number of nitrogens with zero attached hydrogens (tertiary/aromatic N) is 3. The average molecular weight is 348 g/mol. The highest BCUT2D eigenvalue weighted by molar-refractivity contribution is 5.82. The Labute approximate surface area is 152 Å². The van der Waals surface area contributed by atoms with Gasteiger partial charge in [-0.3, -0.25) is 9.48 Å². The van der Waals surface area contributed by atoms with Crippen LogP contribution in [0.3, 0.4) is 0 Å². The molecule has 0 spiro atoms. The molecule has 1 heterocycles. The van der Waals surface area contributed by atoms with Crippen LogP contribution in [-0.2, 0) is 11.3 Å². The molecule has 0 bridgehead atoms. The van der Waals surface area contributed by atoms with E-state index in [2.05, 4.69) is 15.6 Å². The fourth-order valence-corrected chi connectivity index (χ4v) is 2.47. The lowest BCUT2D eigenvalue weighted by Gasteiger charge is -2.06. The van der Waals surface area contributed by atoms with Crippen LogP contribution in [-0.4, -0.2) is 21.9 Å². The van der Waals surface area contributed by atoms with Gasteiger partial charge in [-0.15, -0.1) is 0 Å². The van der Waals surface area contributed by atoms with E-state index in [0.717, 1.165) is 22.7 Å². The van der Waals surface area contributed by atoms with Crippen molar-refractivity contribution < 1.29 is 9.53 Å². The van der Waals surface area contributed by atoms with E-state index >= 15 is 0 Å². The molecule has 0 aliphatic rings. The Morgan fingerprint density at radius 2 is 1.88 bits per heavy atom. The Bertz CT molecular complexity index is 917. The van der Waals surface area contributed by atoms with Gasteiger partial charge in [-0.05, 0) is 49.7 Å². The minimum atomic E-state index is -0.232. The summed E-state index contributed by atoms with van der Waals surface area (Å²) < 4.78 is 7.43. The normalized spacial score (nSPS) is 10.8. The third-order valence-corrected chi connectivity index (χ3v) is 3.64. The van der Waals surface area contributed by atoms with Crippen molar-refractivity contribution in [2.24, 2.45) is 5.10 Å². The van der Waals surface area contributed by atoms with E-state index in [1.54, 1.807) is 10.9 Å². The SMILES string of the molecule is Cc1cc(C)n(CC(=O)N/N=C/c2cccc(Oc3ccccc3)c2)n1. The maximum atomic E-state index is 12.0. The summed E-state index contributed by atoms with van der Waals surface area (Å²) in [5.41, 5.74) is 5.16. The Hall–Kier alpha value is -3.41. The molecule has 6 nitrogen and oxygen atoms in total. The van der Waals surface area contributed by atoms with Crippen molar-refractivity contribution in [2.45, 2.75) is 20.4 Å². The van der Waals surface area contributed by atoms with E-state index in [-0.39, 0.29) is 12.5 Å². The number of hydrazone groups is 1. The summed E-state index contributed by atoms with van der Waals surface area (Å²) >= 11 is 0. The van der Waals surface area contributed by atoms with Crippen LogP contribution in [0.15, 0.2) is 65.8 Å². The number of ether oxygens (including phenoxy) is 1.